The predicted molar refractivity (Wildman–Crippen MR) is 89.4 cm³/mol. The van der Waals surface area contributed by atoms with Gasteiger partial charge in [0.2, 0.25) is 0 Å². The molecule has 0 radical (unpaired) electrons. The summed E-state index contributed by atoms with van der Waals surface area (Å²) in [6.07, 6.45) is 5.48. The average Bonchev–Trinajstić information content (AvgIpc) is 3.21. The molecule has 0 aromatic heterocycles. The normalized spacial score (nSPS) is 24.6. The fourth-order valence-electron chi connectivity index (χ4n) is 4.04. The SMILES string of the molecule is COc1ccc(CNC(=O)COC(=O)CC2CC3CCC2C3)cc1. The number of carbonyl (C=O) groups excluding carboxylic acids is 2. The molecule has 0 saturated heterocycles. The molecule has 5 nitrogen and oxygen atoms in total. The summed E-state index contributed by atoms with van der Waals surface area (Å²) in [5.41, 5.74) is 0.970. The van der Waals surface area contributed by atoms with E-state index in [2.05, 4.69) is 5.32 Å². The quantitative estimate of drug-likeness (QED) is 0.780. The molecule has 3 unspecified atom stereocenters. The Balaban J connectivity index is 1.33. The monoisotopic (exact) mass is 331 g/mol. The molecular formula is C19H25NO4. The molecule has 0 spiro atoms. The molecule has 1 aromatic rings. The standard InChI is InChI=1S/C19H25NO4/c1-23-17-6-3-13(4-7-17)11-20-18(21)12-24-19(22)10-16-9-14-2-5-15(16)8-14/h3-4,6-7,14-16H,2,5,8-12H2,1H3,(H,20,21). The number of ether oxygens (including phenoxy) is 2. The van der Waals surface area contributed by atoms with Crippen molar-refractivity contribution in [2.24, 2.45) is 17.8 Å². The molecule has 0 aliphatic heterocycles. The number of nitrogens with one attached hydrogen (secondary N) is 1. The minimum absolute atomic E-state index is 0.199. The van der Waals surface area contributed by atoms with Crippen molar-refractivity contribution in [2.45, 2.75) is 38.6 Å². The van der Waals surface area contributed by atoms with Crippen LogP contribution in [0.4, 0.5) is 0 Å². The third-order valence-corrected chi connectivity index (χ3v) is 5.33. The Hall–Kier alpha value is -2.04. The molecule has 2 saturated carbocycles. The summed E-state index contributed by atoms with van der Waals surface area (Å²) in [5.74, 6) is 2.25. The minimum atomic E-state index is -0.271. The van der Waals surface area contributed by atoms with Crippen LogP contribution in [0.1, 0.15) is 37.7 Å². The molecule has 3 rings (SSSR count). The summed E-state index contributed by atoms with van der Waals surface area (Å²) in [6.45, 7) is 0.211. The third kappa shape index (κ3) is 4.28. The molecular weight excluding hydrogens is 306 g/mol. The van der Waals surface area contributed by atoms with Crippen molar-refractivity contribution >= 4 is 11.9 Å². The van der Waals surface area contributed by atoms with Gasteiger partial charge < -0.3 is 14.8 Å². The Labute approximate surface area is 142 Å². The second-order valence-electron chi connectivity index (χ2n) is 6.92. The van der Waals surface area contributed by atoms with Gasteiger partial charge in [0.15, 0.2) is 6.61 Å². The van der Waals surface area contributed by atoms with E-state index in [-0.39, 0.29) is 18.5 Å². The number of esters is 1. The van der Waals surface area contributed by atoms with E-state index < -0.39 is 0 Å². The van der Waals surface area contributed by atoms with Crippen LogP contribution in [-0.2, 0) is 20.9 Å². The third-order valence-electron chi connectivity index (χ3n) is 5.33. The summed E-state index contributed by atoms with van der Waals surface area (Å²) in [4.78, 5) is 23.7. The van der Waals surface area contributed by atoms with Gasteiger partial charge >= 0.3 is 5.97 Å². The maximum Gasteiger partial charge on any atom is 0.306 e. The van der Waals surface area contributed by atoms with Gasteiger partial charge in [-0.2, -0.15) is 0 Å². The number of fused-ring (bicyclic) bond motifs is 2. The van der Waals surface area contributed by atoms with E-state index in [1.165, 1.54) is 19.3 Å². The summed E-state index contributed by atoms with van der Waals surface area (Å²) in [7, 11) is 1.61. The molecule has 2 aliphatic rings. The lowest BCUT2D eigenvalue weighted by Gasteiger charge is -2.20. The number of hydrogen-bond acceptors (Lipinski definition) is 4. The van der Waals surface area contributed by atoms with Crippen LogP contribution >= 0.6 is 0 Å². The molecule has 1 aromatic carbocycles. The molecule has 2 fully saturated rings. The van der Waals surface area contributed by atoms with E-state index in [9.17, 15) is 9.59 Å². The lowest BCUT2D eigenvalue weighted by Crippen LogP contribution is -2.29. The Kier molecular flexibility index (Phi) is 5.38. The van der Waals surface area contributed by atoms with Crippen LogP contribution in [0.15, 0.2) is 24.3 Å². The lowest BCUT2D eigenvalue weighted by molar-refractivity contribution is -0.149. The van der Waals surface area contributed by atoms with Gasteiger partial charge in [-0.1, -0.05) is 18.6 Å². The van der Waals surface area contributed by atoms with E-state index in [1.54, 1.807) is 7.11 Å². The topological polar surface area (TPSA) is 64.6 Å². The van der Waals surface area contributed by atoms with Gasteiger partial charge in [0.1, 0.15) is 5.75 Å². The molecule has 3 atom stereocenters. The number of amides is 1. The van der Waals surface area contributed by atoms with Crippen molar-refractivity contribution in [1.29, 1.82) is 0 Å². The van der Waals surface area contributed by atoms with Gasteiger partial charge in [-0.05, 0) is 54.7 Å². The fourth-order valence-corrected chi connectivity index (χ4v) is 4.04. The summed E-state index contributed by atoms with van der Waals surface area (Å²) in [6, 6.07) is 7.47. The zero-order valence-electron chi connectivity index (χ0n) is 14.1. The van der Waals surface area contributed by atoms with Crippen LogP contribution < -0.4 is 10.1 Å². The van der Waals surface area contributed by atoms with Crippen molar-refractivity contribution in [3.05, 3.63) is 29.8 Å². The number of benzene rings is 1. The average molecular weight is 331 g/mol. The number of methoxy groups -OCH3 is 1. The van der Waals surface area contributed by atoms with Gasteiger partial charge in [-0.15, -0.1) is 0 Å². The first kappa shape index (κ1) is 16.8. The van der Waals surface area contributed by atoms with Crippen molar-refractivity contribution < 1.29 is 19.1 Å². The largest absolute Gasteiger partial charge is 0.497 e. The molecule has 2 aliphatic carbocycles. The van der Waals surface area contributed by atoms with Crippen molar-refractivity contribution in [3.8, 4) is 5.75 Å². The second-order valence-corrected chi connectivity index (χ2v) is 6.92. The van der Waals surface area contributed by atoms with Gasteiger partial charge in [0, 0.05) is 13.0 Å². The van der Waals surface area contributed by atoms with E-state index in [4.69, 9.17) is 9.47 Å². The number of carbonyl (C=O) groups is 2. The highest BCUT2D eigenvalue weighted by Crippen LogP contribution is 2.49. The Morgan fingerprint density at radius 2 is 1.96 bits per heavy atom. The Morgan fingerprint density at radius 1 is 1.17 bits per heavy atom. The molecule has 1 amide bonds. The highest BCUT2D eigenvalue weighted by molar-refractivity contribution is 5.80. The molecule has 0 heterocycles. The summed E-state index contributed by atoms with van der Waals surface area (Å²) < 4.78 is 10.2. The highest BCUT2D eigenvalue weighted by atomic mass is 16.5. The van der Waals surface area contributed by atoms with Gasteiger partial charge in [0.05, 0.1) is 7.11 Å². The van der Waals surface area contributed by atoms with E-state index in [0.717, 1.165) is 23.7 Å². The summed E-state index contributed by atoms with van der Waals surface area (Å²) in [5, 5.41) is 2.76. The van der Waals surface area contributed by atoms with Gasteiger partial charge in [-0.25, -0.2) is 0 Å². The molecule has 2 bridgehead atoms. The second kappa shape index (κ2) is 7.69. The van der Waals surface area contributed by atoms with Crippen LogP contribution in [0.3, 0.4) is 0 Å². The number of hydrogen-bond donors (Lipinski definition) is 1. The summed E-state index contributed by atoms with van der Waals surface area (Å²) >= 11 is 0. The Morgan fingerprint density at radius 3 is 2.58 bits per heavy atom. The maximum absolute atomic E-state index is 11.9. The van der Waals surface area contributed by atoms with Gasteiger partial charge in [-0.3, -0.25) is 9.59 Å². The molecule has 5 heteroatoms. The smallest absolute Gasteiger partial charge is 0.306 e. The predicted octanol–water partition coefficient (Wildman–Crippen LogP) is 2.68. The van der Waals surface area contributed by atoms with Crippen LogP contribution in [0.5, 0.6) is 5.75 Å². The van der Waals surface area contributed by atoms with E-state index in [0.29, 0.717) is 24.8 Å². The Bertz CT molecular complexity index is 584. The van der Waals surface area contributed by atoms with Gasteiger partial charge in [0.25, 0.3) is 5.91 Å². The first-order chi connectivity index (χ1) is 11.6. The highest BCUT2D eigenvalue weighted by Gasteiger charge is 2.40. The fraction of sp³-hybridized carbons (Fsp3) is 0.579. The van der Waals surface area contributed by atoms with Crippen molar-refractivity contribution in [3.63, 3.8) is 0 Å². The van der Waals surface area contributed by atoms with Crippen LogP contribution in [-0.4, -0.2) is 25.6 Å². The minimum Gasteiger partial charge on any atom is -0.497 e. The first-order valence-electron chi connectivity index (χ1n) is 8.69. The first-order valence-corrected chi connectivity index (χ1v) is 8.69. The zero-order chi connectivity index (χ0) is 16.9. The van der Waals surface area contributed by atoms with E-state index in [1.807, 2.05) is 24.3 Å². The molecule has 24 heavy (non-hydrogen) atoms. The number of rotatable bonds is 7. The molecule has 1 N–H and O–H groups in total. The zero-order valence-corrected chi connectivity index (χ0v) is 14.1. The van der Waals surface area contributed by atoms with E-state index >= 15 is 0 Å². The van der Waals surface area contributed by atoms with Crippen LogP contribution in [0, 0.1) is 17.8 Å². The van der Waals surface area contributed by atoms with Crippen LogP contribution in [0.25, 0.3) is 0 Å². The van der Waals surface area contributed by atoms with Crippen LogP contribution in [0.2, 0.25) is 0 Å². The maximum atomic E-state index is 11.9. The van der Waals surface area contributed by atoms with Crippen molar-refractivity contribution in [1.82, 2.24) is 5.32 Å². The lowest BCUT2D eigenvalue weighted by atomic mass is 9.86. The van der Waals surface area contributed by atoms with Crippen molar-refractivity contribution in [2.75, 3.05) is 13.7 Å². The molecule has 130 valence electrons.